The first-order valence-corrected chi connectivity index (χ1v) is 6.24. The van der Waals surface area contributed by atoms with Crippen LogP contribution < -0.4 is 11.1 Å². The highest BCUT2D eigenvalue weighted by atomic mass is 19.4. The van der Waals surface area contributed by atoms with Crippen molar-refractivity contribution in [2.45, 2.75) is 19.6 Å². The van der Waals surface area contributed by atoms with Gasteiger partial charge in [-0.2, -0.15) is 13.2 Å². The standard InChI is InChI=1S/C15H11F3N2O2/c1-2-3-7-19-8-9-20(14(22)13(19)21)12-6-4-5-11(10-12)15(16,17)18/h4-6,8-10H,7H2,1H3. The van der Waals surface area contributed by atoms with Gasteiger partial charge in [0, 0.05) is 18.1 Å². The number of hydrogen-bond donors (Lipinski definition) is 0. The van der Waals surface area contributed by atoms with Crippen molar-refractivity contribution < 1.29 is 13.2 Å². The molecule has 0 aliphatic rings. The molecule has 4 nitrogen and oxygen atoms in total. The highest BCUT2D eigenvalue weighted by molar-refractivity contribution is 5.37. The molecule has 0 saturated carbocycles. The Kier molecular flexibility index (Phi) is 4.22. The third-order valence-electron chi connectivity index (χ3n) is 2.94. The zero-order valence-electron chi connectivity index (χ0n) is 11.5. The summed E-state index contributed by atoms with van der Waals surface area (Å²) in [7, 11) is 0. The van der Waals surface area contributed by atoms with Crippen molar-refractivity contribution >= 4 is 0 Å². The molecule has 114 valence electrons. The van der Waals surface area contributed by atoms with Gasteiger partial charge in [0.05, 0.1) is 12.1 Å². The lowest BCUT2D eigenvalue weighted by Crippen LogP contribution is -2.39. The molecule has 0 fully saturated rings. The monoisotopic (exact) mass is 308 g/mol. The zero-order chi connectivity index (χ0) is 16.3. The maximum Gasteiger partial charge on any atom is 0.416 e. The van der Waals surface area contributed by atoms with Crippen molar-refractivity contribution in [3.63, 3.8) is 0 Å². The number of alkyl halides is 3. The van der Waals surface area contributed by atoms with Gasteiger partial charge in [-0.05, 0) is 25.1 Å². The topological polar surface area (TPSA) is 44.0 Å². The second kappa shape index (κ2) is 5.93. The van der Waals surface area contributed by atoms with Crippen LogP contribution in [0.3, 0.4) is 0 Å². The molecule has 0 unspecified atom stereocenters. The molecular weight excluding hydrogens is 297 g/mol. The van der Waals surface area contributed by atoms with Crippen LogP contribution in [0.2, 0.25) is 0 Å². The third kappa shape index (κ3) is 3.11. The number of halogens is 3. The molecule has 2 aromatic rings. The summed E-state index contributed by atoms with van der Waals surface area (Å²) in [6.45, 7) is 1.64. The van der Waals surface area contributed by atoms with Crippen LogP contribution in [0.15, 0.2) is 46.2 Å². The Morgan fingerprint density at radius 3 is 2.50 bits per heavy atom. The fourth-order valence-electron chi connectivity index (χ4n) is 1.83. The molecule has 1 aromatic carbocycles. The lowest BCUT2D eigenvalue weighted by Gasteiger charge is -2.10. The van der Waals surface area contributed by atoms with E-state index >= 15 is 0 Å². The first-order valence-electron chi connectivity index (χ1n) is 6.24. The SMILES string of the molecule is CC#CCn1ccn(-c2cccc(C(F)(F)F)c2)c(=O)c1=O. The molecular formula is C15H11F3N2O2. The molecule has 0 bridgehead atoms. The van der Waals surface area contributed by atoms with E-state index in [1.54, 1.807) is 6.92 Å². The Labute approximate surface area is 123 Å². The van der Waals surface area contributed by atoms with E-state index in [0.29, 0.717) is 0 Å². The summed E-state index contributed by atoms with van der Waals surface area (Å²) in [6.07, 6.45) is -1.96. The number of rotatable bonds is 2. The zero-order valence-corrected chi connectivity index (χ0v) is 11.5. The fourth-order valence-corrected chi connectivity index (χ4v) is 1.83. The molecule has 0 N–H and O–H groups in total. The van der Waals surface area contributed by atoms with Gasteiger partial charge in [-0.3, -0.25) is 18.7 Å². The van der Waals surface area contributed by atoms with Crippen LogP contribution in [0.25, 0.3) is 5.69 Å². The molecule has 22 heavy (non-hydrogen) atoms. The Morgan fingerprint density at radius 2 is 1.86 bits per heavy atom. The predicted molar refractivity (Wildman–Crippen MR) is 74.8 cm³/mol. The van der Waals surface area contributed by atoms with Gasteiger partial charge < -0.3 is 0 Å². The van der Waals surface area contributed by atoms with Crippen LogP contribution in [0, 0.1) is 11.8 Å². The van der Waals surface area contributed by atoms with Crippen LogP contribution in [-0.2, 0) is 12.7 Å². The lowest BCUT2D eigenvalue weighted by molar-refractivity contribution is -0.137. The highest BCUT2D eigenvalue weighted by Gasteiger charge is 2.30. The Morgan fingerprint density at radius 1 is 1.14 bits per heavy atom. The summed E-state index contributed by atoms with van der Waals surface area (Å²) in [5.41, 5.74) is -2.69. The maximum absolute atomic E-state index is 12.7. The summed E-state index contributed by atoms with van der Waals surface area (Å²) in [4.78, 5) is 23.9. The minimum atomic E-state index is -4.52. The van der Waals surface area contributed by atoms with Crippen LogP contribution in [0.5, 0.6) is 0 Å². The van der Waals surface area contributed by atoms with E-state index in [1.165, 1.54) is 24.5 Å². The fraction of sp³-hybridized carbons (Fsp3) is 0.200. The van der Waals surface area contributed by atoms with Gasteiger partial charge in [0.1, 0.15) is 0 Å². The molecule has 0 saturated heterocycles. The minimum Gasteiger partial charge on any atom is -0.298 e. The van der Waals surface area contributed by atoms with Crippen LogP contribution in [0.1, 0.15) is 12.5 Å². The highest BCUT2D eigenvalue weighted by Crippen LogP contribution is 2.29. The van der Waals surface area contributed by atoms with Crippen LogP contribution >= 0.6 is 0 Å². The molecule has 0 spiro atoms. The van der Waals surface area contributed by atoms with Crippen LogP contribution in [-0.4, -0.2) is 9.13 Å². The molecule has 0 aliphatic carbocycles. The normalized spacial score (nSPS) is 10.9. The van der Waals surface area contributed by atoms with Gasteiger partial charge in [-0.25, -0.2) is 0 Å². The molecule has 0 amide bonds. The van der Waals surface area contributed by atoms with Crippen molar-refractivity contribution in [1.82, 2.24) is 9.13 Å². The number of nitrogens with zero attached hydrogens (tertiary/aromatic N) is 2. The van der Waals surface area contributed by atoms with Crippen molar-refractivity contribution in [3.8, 4) is 17.5 Å². The average Bonchev–Trinajstić information content (AvgIpc) is 2.48. The third-order valence-corrected chi connectivity index (χ3v) is 2.94. The van der Waals surface area contributed by atoms with E-state index in [-0.39, 0.29) is 12.2 Å². The molecule has 0 radical (unpaired) electrons. The van der Waals surface area contributed by atoms with Crippen molar-refractivity contribution in [3.05, 3.63) is 62.9 Å². The first-order chi connectivity index (χ1) is 10.3. The van der Waals surface area contributed by atoms with Gasteiger partial charge in [-0.1, -0.05) is 12.0 Å². The van der Waals surface area contributed by atoms with E-state index < -0.39 is 22.9 Å². The number of hydrogen-bond acceptors (Lipinski definition) is 2. The maximum atomic E-state index is 12.7. The molecule has 7 heteroatoms. The summed E-state index contributed by atoms with van der Waals surface area (Å²) < 4.78 is 40.1. The summed E-state index contributed by atoms with van der Waals surface area (Å²) in [6, 6.07) is 4.22. The van der Waals surface area contributed by atoms with E-state index in [2.05, 4.69) is 11.8 Å². The van der Waals surface area contributed by atoms with Gasteiger partial charge >= 0.3 is 17.3 Å². The van der Waals surface area contributed by atoms with E-state index in [9.17, 15) is 22.8 Å². The van der Waals surface area contributed by atoms with Gasteiger partial charge in [-0.15, -0.1) is 5.92 Å². The minimum absolute atomic E-state index is 0.0225. The first kappa shape index (κ1) is 15.6. The van der Waals surface area contributed by atoms with Gasteiger partial charge in [0.15, 0.2) is 0 Å². The smallest absolute Gasteiger partial charge is 0.298 e. The molecule has 2 rings (SSSR count). The Bertz CT molecular complexity index is 867. The van der Waals surface area contributed by atoms with Crippen molar-refractivity contribution in [2.75, 3.05) is 0 Å². The van der Waals surface area contributed by atoms with E-state index in [0.717, 1.165) is 21.3 Å². The predicted octanol–water partition coefficient (Wildman–Crippen LogP) is 2.04. The number of aromatic nitrogens is 2. The van der Waals surface area contributed by atoms with Crippen molar-refractivity contribution in [1.29, 1.82) is 0 Å². The Hall–Kier alpha value is -2.75. The second-order valence-corrected chi connectivity index (χ2v) is 4.38. The molecule has 1 aromatic heterocycles. The average molecular weight is 308 g/mol. The van der Waals surface area contributed by atoms with E-state index in [1.807, 2.05) is 0 Å². The number of benzene rings is 1. The van der Waals surface area contributed by atoms with Crippen molar-refractivity contribution in [2.24, 2.45) is 0 Å². The quantitative estimate of drug-likeness (QED) is 0.629. The van der Waals surface area contributed by atoms with Crippen LogP contribution in [0.4, 0.5) is 13.2 Å². The largest absolute Gasteiger partial charge is 0.416 e. The van der Waals surface area contributed by atoms with Gasteiger partial charge in [0.2, 0.25) is 0 Å². The second-order valence-electron chi connectivity index (χ2n) is 4.38. The Balaban J connectivity index is 2.55. The van der Waals surface area contributed by atoms with Gasteiger partial charge in [0.25, 0.3) is 0 Å². The molecule has 0 atom stereocenters. The molecule has 1 heterocycles. The summed E-state index contributed by atoms with van der Waals surface area (Å²) in [5.74, 6) is 5.23. The summed E-state index contributed by atoms with van der Waals surface area (Å²) in [5, 5.41) is 0. The lowest BCUT2D eigenvalue weighted by atomic mass is 10.2. The summed E-state index contributed by atoms with van der Waals surface area (Å²) >= 11 is 0. The molecule has 0 aliphatic heterocycles. The van der Waals surface area contributed by atoms with E-state index in [4.69, 9.17) is 0 Å².